The van der Waals surface area contributed by atoms with Gasteiger partial charge < -0.3 is 5.73 Å². The van der Waals surface area contributed by atoms with E-state index in [9.17, 15) is 4.39 Å². The molecule has 0 radical (unpaired) electrons. The molecule has 0 bridgehead atoms. The molecule has 1 rings (SSSR count). The standard InChI is InChI=1S/C11H15FN2/c1-8(2)11(13)14-7-9-4-3-5-10(12)6-9/h3-6,8H,7H2,1-2H3,(H2,13,14). The first kappa shape index (κ1) is 10.7. The van der Waals surface area contributed by atoms with Gasteiger partial charge in [-0.2, -0.15) is 0 Å². The first-order valence-electron chi connectivity index (χ1n) is 4.64. The van der Waals surface area contributed by atoms with Gasteiger partial charge in [0.1, 0.15) is 5.82 Å². The highest BCUT2D eigenvalue weighted by atomic mass is 19.1. The van der Waals surface area contributed by atoms with Gasteiger partial charge in [0.2, 0.25) is 0 Å². The fourth-order valence-electron chi connectivity index (χ4n) is 1.00. The predicted octanol–water partition coefficient (Wildman–Crippen LogP) is 2.34. The normalized spacial score (nSPS) is 12.1. The van der Waals surface area contributed by atoms with Crippen LogP contribution in [0.25, 0.3) is 0 Å². The minimum absolute atomic E-state index is 0.235. The molecule has 2 nitrogen and oxygen atoms in total. The highest BCUT2D eigenvalue weighted by molar-refractivity contribution is 5.82. The maximum Gasteiger partial charge on any atom is 0.123 e. The zero-order valence-electron chi connectivity index (χ0n) is 8.50. The number of amidine groups is 1. The molecule has 0 aliphatic rings. The topological polar surface area (TPSA) is 38.4 Å². The molecule has 76 valence electrons. The number of rotatable bonds is 3. The summed E-state index contributed by atoms with van der Waals surface area (Å²) < 4.78 is 12.8. The highest BCUT2D eigenvalue weighted by Crippen LogP contribution is 2.05. The van der Waals surface area contributed by atoms with Crippen LogP contribution >= 0.6 is 0 Å². The van der Waals surface area contributed by atoms with Gasteiger partial charge >= 0.3 is 0 Å². The van der Waals surface area contributed by atoms with Crippen LogP contribution < -0.4 is 5.73 Å². The van der Waals surface area contributed by atoms with E-state index in [2.05, 4.69) is 4.99 Å². The van der Waals surface area contributed by atoms with E-state index in [1.54, 1.807) is 6.07 Å². The molecule has 0 heterocycles. The number of nitrogens with two attached hydrogens (primary N) is 1. The first-order chi connectivity index (χ1) is 6.59. The fourth-order valence-corrected chi connectivity index (χ4v) is 1.00. The molecule has 1 aromatic rings. The Morgan fingerprint density at radius 1 is 1.50 bits per heavy atom. The lowest BCUT2D eigenvalue weighted by Crippen LogP contribution is -2.18. The molecule has 0 fully saturated rings. The van der Waals surface area contributed by atoms with Crippen LogP contribution in [0.3, 0.4) is 0 Å². The molecule has 3 heteroatoms. The van der Waals surface area contributed by atoms with Crippen molar-refractivity contribution >= 4 is 5.84 Å². The summed E-state index contributed by atoms with van der Waals surface area (Å²) in [6, 6.07) is 6.39. The Labute approximate surface area is 83.7 Å². The molecule has 0 atom stereocenters. The van der Waals surface area contributed by atoms with Crippen LogP contribution in [0.5, 0.6) is 0 Å². The van der Waals surface area contributed by atoms with E-state index in [0.717, 1.165) is 5.56 Å². The van der Waals surface area contributed by atoms with Crippen LogP contribution in [0.1, 0.15) is 19.4 Å². The van der Waals surface area contributed by atoms with Gasteiger partial charge in [-0.05, 0) is 17.7 Å². The lowest BCUT2D eigenvalue weighted by molar-refractivity contribution is 0.625. The molecule has 0 saturated heterocycles. The molecule has 0 aliphatic heterocycles. The Morgan fingerprint density at radius 3 is 2.79 bits per heavy atom. The summed E-state index contributed by atoms with van der Waals surface area (Å²) in [5, 5.41) is 0. The molecule has 14 heavy (non-hydrogen) atoms. The molecule has 0 saturated carbocycles. The zero-order chi connectivity index (χ0) is 10.6. The SMILES string of the molecule is CC(C)C(N)=NCc1cccc(F)c1. The van der Waals surface area contributed by atoms with Crippen LogP contribution in [0.4, 0.5) is 4.39 Å². The van der Waals surface area contributed by atoms with E-state index in [-0.39, 0.29) is 11.7 Å². The van der Waals surface area contributed by atoms with Crippen LogP contribution in [0.15, 0.2) is 29.3 Å². The number of aliphatic imine (C=N–C) groups is 1. The third kappa shape index (κ3) is 3.17. The highest BCUT2D eigenvalue weighted by Gasteiger charge is 1.98. The number of hydrogen-bond donors (Lipinski definition) is 1. The molecular weight excluding hydrogens is 179 g/mol. The zero-order valence-corrected chi connectivity index (χ0v) is 8.50. The van der Waals surface area contributed by atoms with Crippen molar-refractivity contribution in [1.82, 2.24) is 0 Å². The average Bonchev–Trinajstić information content (AvgIpc) is 2.14. The second kappa shape index (κ2) is 4.74. The molecule has 0 amide bonds. The summed E-state index contributed by atoms with van der Waals surface area (Å²) >= 11 is 0. The Morgan fingerprint density at radius 2 is 2.21 bits per heavy atom. The summed E-state index contributed by atoms with van der Waals surface area (Å²) in [6.45, 7) is 4.40. The third-order valence-corrected chi connectivity index (χ3v) is 1.92. The average molecular weight is 194 g/mol. The minimum Gasteiger partial charge on any atom is -0.387 e. The molecule has 0 aromatic heterocycles. The van der Waals surface area contributed by atoms with Crippen molar-refractivity contribution < 1.29 is 4.39 Å². The maximum atomic E-state index is 12.8. The predicted molar refractivity (Wildman–Crippen MR) is 56.6 cm³/mol. The summed E-state index contributed by atoms with van der Waals surface area (Å²) in [7, 11) is 0. The lowest BCUT2D eigenvalue weighted by atomic mass is 10.2. The van der Waals surface area contributed by atoms with Crippen molar-refractivity contribution in [2.24, 2.45) is 16.6 Å². The van der Waals surface area contributed by atoms with E-state index >= 15 is 0 Å². The van der Waals surface area contributed by atoms with Gasteiger partial charge in [0, 0.05) is 5.92 Å². The summed E-state index contributed by atoms with van der Waals surface area (Å²) in [4.78, 5) is 4.16. The summed E-state index contributed by atoms with van der Waals surface area (Å²) in [5.74, 6) is 0.610. The van der Waals surface area contributed by atoms with Gasteiger partial charge in [-0.25, -0.2) is 4.39 Å². The van der Waals surface area contributed by atoms with Gasteiger partial charge in [-0.3, -0.25) is 4.99 Å². The number of hydrogen-bond acceptors (Lipinski definition) is 1. The third-order valence-electron chi connectivity index (χ3n) is 1.92. The van der Waals surface area contributed by atoms with E-state index in [4.69, 9.17) is 5.73 Å². The van der Waals surface area contributed by atoms with E-state index < -0.39 is 0 Å². The summed E-state index contributed by atoms with van der Waals surface area (Å²) in [5.41, 5.74) is 6.50. The molecular formula is C11H15FN2. The van der Waals surface area contributed by atoms with Crippen LogP contribution in [0.2, 0.25) is 0 Å². The quantitative estimate of drug-likeness (QED) is 0.582. The summed E-state index contributed by atoms with van der Waals surface area (Å²) in [6.07, 6.45) is 0. The second-order valence-corrected chi connectivity index (χ2v) is 3.53. The number of benzene rings is 1. The Bertz CT molecular complexity index is 332. The Balaban J connectivity index is 2.66. The van der Waals surface area contributed by atoms with Crippen LogP contribution in [-0.4, -0.2) is 5.84 Å². The van der Waals surface area contributed by atoms with Crippen molar-refractivity contribution in [3.05, 3.63) is 35.6 Å². The fraction of sp³-hybridized carbons (Fsp3) is 0.364. The first-order valence-corrected chi connectivity index (χ1v) is 4.64. The Hall–Kier alpha value is -1.38. The van der Waals surface area contributed by atoms with Crippen molar-refractivity contribution in [2.75, 3.05) is 0 Å². The molecule has 0 unspecified atom stereocenters. The van der Waals surface area contributed by atoms with Crippen molar-refractivity contribution in [3.63, 3.8) is 0 Å². The van der Waals surface area contributed by atoms with Crippen LogP contribution in [-0.2, 0) is 6.54 Å². The van der Waals surface area contributed by atoms with Gasteiger partial charge in [-0.1, -0.05) is 26.0 Å². The molecule has 0 aliphatic carbocycles. The van der Waals surface area contributed by atoms with Crippen molar-refractivity contribution in [3.8, 4) is 0 Å². The minimum atomic E-state index is -0.235. The number of halogens is 1. The van der Waals surface area contributed by atoms with Crippen molar-refractivity contribution in [2.45, 2.75) is 20.4 Å². The smallest absolute Gasteiger partial charge is 0.123 e. The molecule has 1 aromatic carbocycles. The lowest BCUT2D eigenvalue weighted by Gasteiger charge is -2.03. The maximum absolute atomic E-state index is 12.8. The van der Waals surface area contributed by atoms with Gasteiger partial charge in [-0.15, -0.1) is 0 Å². The van der Waals surface area contributed by atoms with Gasteiger partial charge in [0.15, 0.2) is 0 Å². The van der Waals surface area contributed by atoms with Crippen molar-refractivity contribution in [1.29, 1.82) is 0 Å². The monoisotopic (exact) mass is 194 g/mol. The largest absolute Gasteiger partial charge is 0.387 e. The molecule has 0 spiro atoms. The van der Waals surface area contributed by atoms with E-state index in [0.29, 0.717) is 12.4 Å². The van der Waals surface area contributed by atoms with E-state index in [1.807, 2.05) is 19.9 Å². The van der Waals surface area contributed by atoms with E-state index in [1.165, 1.54) is 12.1 Å². The molecule has 2 N–H and O–H groups in total. The Kier molecular flexibility index (Phi) is 3.63. The van der Waals surface area contributed by atoms with Crippen LogP contribution in [0, 0.1) is 11.7 Å². The van der Waals surface area contributed by atoms with Gasteiger partial charge in [0.25, 0.3) is 0 Å². The second-order valence-electron chi connectivity index (χ2n) is 3.53. The number of nitrogens with zero attached hydrogens (tertiary/aromatic N) is 1. The van der Waals surface area contributed by atoms with Gasteiger partial charge in [0.05, 0.1) is 12.4 Å².